The van der Waals surface area contributed by atoms with Crippen LogP contribution in [0.1, 0.15) is 20.3 Å². The Hall–Kier alpha value is -0.160. The second kappa shape index (κ2) is 4.91. The van der Waals surface area contributed by atoms with Gasteiger partial charge in [-0.25, -0.2) is 0 Å². The third-order valence-electron chi connectivity index (χ3n) is 2.05. The Labute approximate surface area is 78.8 Å². The van der Waals surface area contributed by atoms with Gasteiger partial charge >= 0.3 is 0 Å². The highest BCUT2D eigenvalue weighted by molar-refractivity contribution is 4.71. The fourth-order valence-electron chi connectivity index (χ4n) is 1.51. The van der Waals surface area contributed by atoms with Gasteiger partial charge in [-0.05, 0) is 13.8 Å². The third kappa shape index (κ3) is 3.60. The smallest absolute Gasteiger partial charge is 0.168 e. The van der Waals surface area contributed by atoms with Gasteiger partial charge < -0.3 is 19.3 Å². The van der Waals surface area contributed by atoms with Crippen molar-refractivity contribution in [2.75, 3.05) is 26.4 Å². The first kappa shape index (κ1) is 10.9. The maximum absolute atomic E-state index is 8.55. The molecule has 0 aliphatic carbocycles. The van der Waals surface area contributed by atoms with Gasteiger partial charge in [-0.2, -0.15) is 0 Å². The molecular weight excluding hydrogens is 172 g/mol. The molecule has 78 valence electrons. The van der Waals surface area contributed by atoms with Crippen molar-refractivity contribution < 1.29 is 19.3 Å². The molecule has 1 N–H and O–H groups in total. The van der Waals surface area contributed by atoms with Crippen molar-refractivity contribution in [3.63, 3.8) is 0 Å². The summed E-state index contributed by atoms with van der Waals surface area (Å²) >= 11 is 0. The molecule has 1 atom stereocenters. The minimum Gasteiger partial charge on any atom is -0.394 e. The Bertz CT molecular complexity index is 143. The van der Waals surface area contributed by atoms with Gasteiger partial charge in [-0.1, -0.05) is 0 Å². The molecule has 0 saturated carbocycles. The summed E-state index contributed by atoms with van der Waals surface area (Å²) in [6, 6.07) is 0. The van der Waals surface area contributed by atoms with Gasteiger partial charge in [0.05, 0.1) is 32.5 Å². The summed E-state index contributed by atoms with van der Waals surface area (Å²) in [7, 11) is 0. The zero-order valence-electron chi connectivity index (χ0n) is 8.28. The van der Waals surface area contributed by atoms with E-state index < -0.39 is 5.79 Å². The van der Waals surface area contributed by atoms with Crippen LogP contribution in [0.4, 0.5) is 0 Å². The molecule has 4 heteroatoms. The normalized spacial score (nSPS) is 23.3. The molecule has 1 unspecified atom stereocenters. The number of aliphatic hydroxyl groups is 1. The van der Waals surface area contributed by atoms with Crippen LogP contribution in [0.3, 0.4) is 0 Å². The van der Waals surface area contributed by atoms with Crippen LogP contribution in [0.5, 0.6) is 0 Å². The lowest BCUT2D eigenvalue weighted by Gasteiger charge is -2.25. The van der Waals surface area contributed by atoms with E-state index >= 15 is 0 Å². The molecule has 1 fully saturated rings. The van der Waals surface area contributed by atoms with Gasteiger partial charge in [0.25, 0.3) is 0 Å². The summed E-state index contributed by atoms with van der Waals surface area (Å²) in [5.41, 5.74) is 0. The number of hydrogen-bond donors (Lipinski definition) is 1. The lowest BCUT2D eigenvalue weighted by Crippen LogP contribution is -2.31. The molecule has 0 aromatic heterocycles. The van der Waals surface area contributed by atoms with Crippen molar-refractivity contribution in [3.05, 3.63) is 0 Å². The molecule has 1 aliphatic heterocycles. The van der Waals surface area contributed by atoms with Gasteiger partial charge in [-0.15, -0.1) is 0 Å². The van der Waals surface area contributed by atoms with Crippen molar-refractivity contribution in [2.24, 2.45) is 0 Å². The molecular formula is C9H18O4. The molecule has 1 heterocycles. The number of aliphatic hydroxyl groups excluding tert-OH is 1. The van der Waals surface area contributed by atoms with Crippen LogP contribution >= 0.6 is 0 Å². The van der Waals surface area contributed by atoms with Crippen LogP contribution in [-0.2, 0) is 14.2 Å². The van der Waals surface area contributed by atoms with Crippen molar-refractivity contribution in [1.82, 2.24) is 0 Å². The summed E-state index contributed by atoms with van der Waals surface area (Å²) in [4.78, 5) is 0. The fraction of sp³-hybridized carbons (Fsp3) is 1.00. The maximum atomic E-state index is 8.55. The highest BCUT2D eigenvalue weighted by Gasteiger charge is 2.32. The maximum Gasteiger partial charge on any atom is 0.168 e. The van der Waals surface area contributed by atoms with E-state index in [0.717, 1.165) is 0 Å². The lowest BCUT2D eigenvalue weighted by molar-refractivity contribution is -0.167. The molecule has 0 spiro atoms. The van der Waals surface area contributed by atoms with Crippen molar-refractivity contribution in [1.29, 1.82) is 0 Å². The largest absolute Gasteiger partial charge is 0.394 e. The summed E-state index contributed by atoms with van der Waals surface area (Å²) < 4.78 is 16.2. The predicted octanol–water partition coefficient (Wildman–Crippen LogP) is 0.537. The Morgan fingerprint density at radius 3 is 2.62 bits per heavy atom. The van der Waals surface area contributed by atoms with E-state index in [2.05, 4.69) is 0 Å². The van der Waals surface area contributed by atoms with Gasteiger partial charge in [0.2, 0.25) is 0 Å². The van der Waals surface area contributed by atoms with E-state index in [4.69, 9.17) is 19.3 Å². The average molecular weight is 190 g/mol. The molecule has 0 aromatic rings. The van der Waals surface area contributed by atoms with Crippen LogP contribution in [0.2, 0.25) is 0 Å². The lowest BCUT2D eigenvalue weighted by atomic mass is 10.1. The SMILES string of the molecule is CC(CC1(C)OCCO1)OCCO. The molecule has 1 rings (SSSR count). The van der Waals surface area contributed by atoms with Crippen molar-refractivity contribution >= 4 is 0 Å². The van der Waals surface area contributed by atoms with Crippen LogP contribution in [-0.4, -0.2) is 43.4 Å². The van der Waals surface area contributed by atoms with E-state index in [1.165, 1.54) is 0 Å². The van der Waals surface area contributed by atoms with Crippen molar-refractivity contribution in [3.8, 4) is 0 Å². The first-order valence-electron chi connectivity index (χ1n) is 4.67. The summed E-state index contributed by atoms with van der Waals surface area (Å²) in [6.45, 7) is 5.61. The van der Waals surface area contributed by atoms with Crippen LogP contribution in [0, 0.1) is 0 Å². The standard InChI is InChI=1S/C9H18O4/c1-8(11-4-3-10)7-9(2)12-5-6-13-9/h8,10H,3-7H2,1-2H3. The Morgan fingerprint density at radius 2 is 2.08 bits per heavy atom. The Balaban J connectivity index is 2.21. The van der Waals surface area contributed by atoms with E-state index in [1.54, 1.807) is 0 Å². The van der Waals surface area contributed by atoms with Gasteiger partial charge in [0.1, 0.15) is 0 Å². The summed E-state index contributed by atoms with van der Waals surface area (Å²) in [5, 5.41) is 8.55. The molecule has 0 bridgehead atoms. The van der Waals surface area contributed by atoms with Gasteiger partial charge in [-0.3, -0.25) is 0 Å². The first-order valence-corrected chi connectivity index (χ1v) is 4.67. The molecule has 0 aromatic carbocycles. The van der Waals surface area contributed by atoms with Gasteiger partial charge in [0.15, 0.2) is 5.79 Å². The summed E-state index contributed by atoms with van der Waals surface area (Å²) in [6.07, 6.45) is 0.753. The predicted molar refractivity (Wildman–Crippen MR) is 47.4 cm³/mol. The molecule has 1 aliphatic rings. The molecule has 4 nitrogen and oxygen atoms in total. The first-order chi connectivity index (χ1) is 6.16. The Morgan fingerprint density at radius 1 is 1.46 bits per heavy atom. The number of ether oxygens (including phenoxy) is 3. The zero-order valence-corrected chi connectivity index (χ0v) is 8.28. The minimum atomic E-state index is -0.491. The summed E-state index contributed by atoms with van der Waals surface area (Å²) in [5.74, 6) is -0.491. The zero-order chi connectivity index (χ0) is 9.73. The van der Waals surface area contributed by atoms with Crippen molar-refractivity contribution in [2.45, 2.75) is 32.2 Å². The fourth-order valence-corrected chi connectivity index (χ4v) is 1.51. The molecule has 0 amide bonds. The number of hydrogen-bond acceptors (Lipinski definition) is 4. The van der Waals surface area contributed by atoms with E-state index in [9.17, 15) is 0 Å². The quantitative estimate of drug-likeness (QED) is 0.687. The highest BCUT2D eigenvalue weighted by Crippen LogP contribution is 2.24. The topological polar surface area (TPSA) is 47.9 Å². The van der Waals surface area contributed by atoms with E-state index in [-0.39, 0.29) is 12.7 Å². The molecule has 0 radical (unpaired) electrons. The van der Waals surface area contributed by atoms with Crippen LogP contribution in [0.25, 0.3) is 0 Å². The van der Waals surface area contributed by atoms with Crippen LogP contribution < -0.4 is 0 Å². The minimum absolute atomic E-state index is 0.0512. The van der Waals surface area contributed by atoms with E-state index in [0.29, 0.717) is 26.2 Å². The monoisotopic (exact) mass is 190 g/mol. The molecule has 13 heavy (non-hydrogen) atoms. The number of rotatable bonds is 5. The Kier molecular flexibility index (Phi) is 4.12. The molecule has 1 saturated heterocycles. The van der Waals surface area contributed by atoms with Crippen LogP contribution in [0.15, 0.2) is 0 Å². The average Bonchev–Trinajstić information content (AvgIpc) is 2.48. The second-order valence-corrected chi connectivity index (χ2v) is 3.44. The van der Waals surface area contributed by atoms with Gasteiger partial charge in [0, 0.05) is 6.42 Å². The van der Waals surface area contributed by atoms with E-state index in [1.807, 2.05) is 13.8 Å². The third-order valence-corrected chi connectivity index (χ3v) is 2.05. The second-order valence-electron chi connectivity index (χ2n) is 3.44. The highest BCUT2D eigenvalue weighted by atomic mass is 16.7.